The van der Waals surface area contributed by atoms with Crippen molar-refractivity contribution in [2.24, 2.45) is 5.92 Å². The average Bonchev–Trinajstić information content (AvgIpc) is 2.54. The lowest BCUT2D eigenvalue weighted by Gasteiger charge is -2.23. The summed E-state index contributed by atoms with van der Waals surface area (Å²) in [6.07, 6.45) is 1.57. The van der Waals surface area contributed by atoms with Crippen molar-refractivity contribution < 1.29 is 5.11 Å². The van der Waals surface area contributed by atoms with Crippen molar-refractivity contribution in [2.45, 2.75) is 44.8 Å². The van der Waals surface area contributed by atoms with E-state index in [1.54, 1.807) is 10.8 Å². The monoisotopic (exact) mass is 356 g/mol. The first-order valence-electron chi connectivity index (χ1n) is 8.10. The van der Waals surface area contributed by atoms with E-state index in [0.717, 1.165) is 5.75 Å². The van der Waals surface area contributed by atoms with E-state index in [-0.39, 0.29) is 28.0 Å². The number of aromatic hydroxyl groups is 1. The first-order valence-corrected chi connectivity index (χ1v) is 9.08. The van der Waals surface area contributed by atoms with E-state index in [4.69, 9.17) is 0 Å². The van der Waals surface area contributed by atoms with Crippen molar-refractivity contribution in [3.05, 3.63) is 33.9 Å². The predicted octanol–water partition coefficient (Wildman–Crippen LogP) is 2.92. The Morgan fingerprint density at radius 1 is 1.44 bits per heavy atom. The van der Waals surface area contributed by atoms with E-state index < -0.39 is 0 Å². The van der Waals surface area contributed by atoms with E-state index in [9.17, 15) is 15.2 Å². The molecule has 0 bridgehead atoms. The average molecular weight is 356 g/mol. The summed E-state index contributed by atoms with van der Waals surface area (Å²) >= 11 is 1.51. The second kappa shape index (κ2) is 6.19. The molecule has 0 radical (unpaired) electrons. The molecule has 6 nitrogen and oxygen atoms in total. The van der Waals surface area contributed by atoms with Gasteiger partial charge in [0, 0.05) is 29.5 Å². The fraction of sp³-hybridized carbons (Fsp3) is 0.444. The lowest BCUT2D eigenvalue weighted by molar-refractivity contribution is 0.438. The summed E-state index contributed by atoms with van der Waals surface area (Å²) in [6.45, 7) is 8.50. The Bertz CT molecular complexity index is 938. The number of pyridine rings is 1. The maximum absolute atomic E-state index is 12.7. The molecular formula is C18H20N4O2S. The maximum atomic E-state index is 12.7. The number of hydrogen-bond donors (Lipinski definition) is 1. The molecule has 3 rings (SSSR count). The minimum absolute atomic E-state index is 0.0110. The molecular weight excluding hydrogens is 336 g/mol. The van der Waals surface area contributed by atoms with Crippen LogP contribution >= 0.6 is 11.8 Å². The quantitative estimate of drug-likeness (QED) is 0.790. The van der Waals surface area contributed by atoms with Crippen LogP contribution in [0.25, 0.3) is 11.3 Å². The van der Waals surface area contributed by atoms with Gasteiger partial charge in [-0.2, -0.15) is 5.26 Å². The predicted molar refractivity (Wildman–Crippen MR) is 96.7 cm³/mol. The first-order chi connectivity index (χ1) is 11.7. The van der Waals surface area contributed by atoms with Crippen LogP contribution in [0, 0.1) is 17.2 Å². The van der Waals surface area contributed by atoms with Crippen LogP contribution in [-0.4, -0.2) is 25.4 Å². The van der Waals surface area contributed by atoms with Gasteiger partial charge in [-0.25, -0.2) is 4.98 Å². The van der Waals surface area contributed by atoms with Crippen molar-refractivity contribution in [1.82, 2.24) is 14.5 Å². The Morgan fingerprint density at radius 3 is 2.76 bits per heavy atom. The third-order valence-corrected chi connectivity index (χ3v) is 5.39. The molecule has 7 heteroatoms. The van der Waals surface area contributed by atoms with Crippen LogP contribution in [-0.2, 0) is 12.0 Å². The van der Waals surface area contributed by atoms with Crippen LogP contribution in [0.4, 0.5) is 0 Å². The normalized spacial score (nSPS) is 17.0. The van der Waals surface area contributed by atoms with Gasteiger partial charge in [0.05, 0.1) is 11.4 Å². The molecule has 0 unspecified atom stereocenters. The van der Waals surface area contributed by atoms with Gasteiger partial charge in [-0.1, -0.05) is 39.5 Å². The number of nitrogens with zero attached hydrogens (tertiary/aromatic N) is 4. The smallest absolute Gasteiger partial charge is 0.272 e. The number of thioether (sulfide) groups is 1. The highest BCUT2D eigenvalue weighted by Crippen LogP contribution is 2.33. The first kappa shape index (κ1) is 17.5. The van der Waals surface area contributed by atoms with Gasteiger partial charge in [-0.3, -0.25) is 14.3 Å². The minimum Gasteiger partial charge on any atom is -0.506 e. The van der Waals surface area contributed by atoms with Crippen molar-refractivity contribution in [3.63, 3.8) is 0 Å². The summed E-state index contributed by atoms with van der Waals surface area (Å²) in [5.74, 6) is 1.27. The molecule has 0 saturated heterocycles. The zero-order valence-electron chi connectivity index (χ0n) is 14.7. The fourth-order valence-electron chi connectivity index (χ4n) is 2.86. The second-order valence-corrected chi connectivity index (χ2v) is 8.39. The summed E-state index contributed by atoms with van der Waals surface area (Å²) in [7, 11) is 0. The van der Waals surface area contributed by atoms with Gasteiger partial charge >= 0.3 is 0 Å². The van der Waals surface area contributed by atoms with Crippen LogP contribution < -0.4 is 5.56 Å². The Kier molecular flexibility index (Phi) is 4.33. The van der Waals surface area contributed by atoms with Crippen LogP contribution in [0.3, 0.4) is 0 Å². The van der Waals surface area contributed by atoms with Gasteiger partial charge in [0.25, 0.3) is 5.56 Å². The zero-order chi connectivity index (χ0) is 18.4. The highest BCUT2D eigenvalue weighted by Gasteiger charge is 2.25. The van der Waals surface area contributed by atoms with Gasteiger partial charge in [-0.15, -0.1) is 0 Å². The molecule has 1 N–H and O–H groups in total. The highest BCUT2D eigenvalue weighted by atomic mass is 32.2. The SMILES string of the molecule is C[C@@H]1CSc2nc(-c3cnc(C(C)(C)C)c(O)c3)c(C#N)c(=O)n2C1. The number of aromatic nitrogens is 3. The molecule has 0 aliphatic carbocycles. The Morgan fingerprint density at radius 2 is 2.16 bits per heavy atom. The van der Waals surface area contributed by atoms with Gasteiger partial charge in [-0.05, 0) is 12.0 Å². The molecule has 1 aliphatic rings. The van der Waals surface area contributed by atoms with Crippen LogP contribution in [0.2, 0.25) is 0 Å². The van der Waals surface area contributed by atoms with Crippen molar-refractivity contribution in [2.75, 3.05) is 5.75 Å². The minimum atomic E-state index is -0.332. The Hall–Kier alpha value is -2.33. The van der Waals surface area contributed by atoms with Crippen LogP contribution in [0.1, 0.15) is 39.0 Å². The molecule has 130 valence electrons. The molecule has 0 fully saturated rings. The Labute approximate surface area is 150 Å². The van der Waals surface area contributed by atoms with Gasteiger partial charge in [0.1, 0.15) is 17.4 Å². The summed E-state index contributed by atoms with van der Waals surface area (Å²) in [6, 6.07) is 3.51. The van der Waals surface area contributed by atoms with E-state index in [1.807, 2.05) is 26.8 Å². The molecule has 1 aliphatic heterocycles. The van der Waals surface area contributed by atoms with E-state index in [2.05, 4.69) is 16.9 Å². The van der Waals surface area contributed by atoms with Crippen molar-refractivity contribution in [3.8, 4) is 23.1 Å². The number of nitriles is 1. The molecule has 0 saturated carbocycles. The van der Waals surface area contributed by atoms with E-state index in [1.165, 1.54) is 17.8 Å². The number of fused-ring (bicyclic) bond motifs is 1. The van der Waals surface area contributed by atoms with Gasteiger partial charge in [0.15, 0.2) is 5.16 Å². The zero-order valence-corrected chi connectivity index (χ0v) is 15.5. The van der Waals surface area contributed by atoms with Crippen molar-refractivity contribution >= 4 is 11.8 Å². The molecule has 25 heavy (non-hydrogen) atoms. The van der Waals surface area contributed by atoms with Crippen molar-refractivity contribution in [1.29, 1.82) is 5.26 Å². The van der Waals surface area contributed by atoms with Crippen LogP contribution in [0.5, 0.6) is 5.75 Å². The molecule has 1 atom stereocenters. The maximum Gasteiger partial charge on any atom is 0.272 e. The van der Waals surface area contributed by atoms with Crippen LogP contribution in [0.15, 0.2) is 22.2 Å². The third-order valence-electron chi connectivity index (χ3n) is 4.09. The third kappa shape index (κ3) is 3.14. The number of rotatable bonds is 1. The Balaban J connectivity index is 2.19. The second-order valence-electron chi connectivity index (χ2n) is 7.40. The standard InChI is InChI=1S/C18H20N4O2S/c1-10-8-22-16(24)12(6-19)14(21-17(22)25-9-10)11-5-13(23)15(20-7-11)18(2,3)4/h5,7,10,23H,8-9H2,1-4H3/t10-/m0/s1. The summed E-state index contributed by atoms with van der Waals surface area (Å²) in [5, 5.41) is 20.4. The highest BCUT2D eigenvalue weighted by molar-refractivity contribution is 7.99. The largest absolute Gasteiger partial charge is 0.506 e. The van der Waals surface area contributed by atoms with Gasteiger partial charge in [0.2, 0.25) is 0 Å². The van der Waals surface area contributed by atoms with Gasteiger partial charge < -0.3 is 5.11 Å². The molecule has 2 aromatic rings. The summed E-state index contributed by atoms with van der Waals surface area (Å²) in [5.41, 5.74) is 0.665. The molecule has 0 aromatic carbocycles. The lowest BCUT2D eigenvalue weighted by Crippen LogP contribution is -2.32. The summed E-state index contributed by atoms with van der Waals surface area (Å²) < 4.78 is 1.57. The topological polar surface area (TPSA) is 91.8 Å². The van der Waals surface area contributed by atoms with E-state index in [0.29, 0.717) is 28.9 Å². The summed E-state index contributed by atoms with van der Waals surface area (Å²) in [4.78, 5) is 21.6. The molecule has 0 amide bonds. The molecule has 3 heterocycles. The molecule has 2 aromatic heterocycles. The lowest BCUT2D eigenvalue weighted by atomic mass is 9.90. The fourth-order valence-corrected chi connectivity index (χ4v) is 3.87. The van der Waals surface area contributed by atoms with E-state index >= 15 is 0 Å². The number of hydrogen-bond acceptors (Lipinski definition) is 6. The molecule has 0 spiro atoms.